The maximum atomic E-state index is 12.5. The highest BCUT2D eigenvalue weighted by atomic mass is 32.2. The second-order valence-corrected chi connectivity index (χ2v) is 8.30. The average molecular weight is 434 g/mol. The Morgan fingerprint density at radius 1 is 1.06 bits per heavy atom. The monoisotopic (exact) mass is 433 g/mol. The number of aryl methyl sites for hydroxylation is 1. The number of carbonyl (C=O) groups is 3. The minimum Gasteiger partial charge on any atom is -0.361 e. The van der Waals surface area contributed by atoms with E-state index in [2.05, 4.69) is 16.4 Å². The summed E-state index contributed by atoms with van der Waals surface area (Å²) in [7, 11) is 0. The molecule has 1 fully saturated rings. The molecular formula is C24H23N3O3S. The fraction of sp³-hybridized carbons (Fsp3) is 0.208. The first-order valence-electron chi connectivity index (χ1n) is 10.2. The van der Waals surface area contributed by atoms with Gasteiger partial charge in [0.25, 0.3) is 11.1 Å². The summed E-state index contributed by atoms with van der Waals surface area (Å²) in [6, 6.07) is 17.5. The minimum absolute atomic E-state index is 0.0772. The fourth-order valence-corrected chi connectivity index (χ4v) is 4.43. The molecule has 6 nitrogen and oxygen atoms in total. The molecule has 1 aromatic heterocycles. The van der Waals surface area contributed by atoms with Gasteiger partial charge < -0.3 is 10.3 Å². The van der Waals surface area contributed by atoms with Crippen LogP contribution in [0.4, 0.5) is 4.79 Å². The van der Waals surface area contributed by atoms with E-state index >= 15 is 0 Å². The summed E-state index contributed by atoms with van der Waals surface area (Å²) in [6.45, 7) is 0.424. The maximum absolute atomic E-state index is 12.5. The molecule has 1 aliphatic rings. The molecule has 1 aliphatic heterocycles. The Bertz CT molecular complexity index is 1140. The van der Waals surface area contributed by atoms with Gasteiger partial charge in [-0.3, -0.25) is 19.3 Å². The van der Waals surface area contributed by atoms with Gasteiger partial charge in [-0.05, 0) is 47.9 Å². The first kappa shape index (κ1) is 20.9. The lowest BCUT2D eigenvalue weighted by molar-refractivity contribution is -0.124. The summed E-state index contributed by atoms with van der Waals surface area (Å²) < 4.78 is 0. The summed E-state index contributed by atoms with van der Waals surface area (Å²) in [6.07, 6.45) is 5.65. The Morgan fingerprint density at radius 3 is 2.68 bits per heavy atom. The van der Waals surface area contributed by atoms with E-state index in [9.17, 15) is 14.4 Å². The van der Waals surface area contributed by atoms with Gasteiger partial charge in [-0.2, -0.15) is 0 Å². The van der Waals surface area contributed by atoms with E-state index in [1.54, 1.807) is 6.08 Å². The molecule has 3 aromatic rings. The van der Waals surface area contributed by atoms with Crippen LogP contribution in [-0.2, 0) is 16.0 Å². The molecule has 0 unspecified atom stereocenters. The number of imide groups is 1. The molecule has 2 heterocycles. The van der Waals surface area contributed by atoms with Gasteiger partial charge in [0.05, 0.1) is 4.91 Å². The lowest BCUT2D eigenvalue weighted by atomic mass is 10.1. The van der Waals surface area contributed by atoms with Crippen molar-refractivity contribution in [3.05, 3.63) is 76.8 Å². The molecule has 7 heteroatoms. The third kappa shape index (κ3) is 5.06. The molecule has 0 atom stereocenters. The predicted octanol–water partition coefficient (Wildman–Crippen LogP) is 4.34. The number of nitrogens with zero attached hydrogens (tertiary/aromatic N) is 1. The quantitative estimate of drug-likeness (QED) is 0.518. The van der Waals surface area contributed by atoms with E-state index in [0.717, 1.165) is 35.7 Å². The van der Waals surface area contributed by atoms with Gasteiger partial charge >= 0.3 is 0 Å². The lowest BCUT2D eigenvalue weighted by Gasteiger charge is -2.13. The van der Waals surface area contributed by atoms with E-state index in [4.69, 9.17) is 0 Å². The number of nitrogens with one attached hydrogen (secondary N) is 2. The Labute approximate surface area is 184 Å². The Morgan fingerprint density at radius 2 is 1.84 bits per heavy atom. The molecule has 0 saturated carbocycles. The van der Waals surface area contributed by atoms with Crippen molar-refractivity contribution in [1.82, 2.24) is 15.2 Å². The summed E-state index contributed by atoms with van der Waals surface area (Å²) >= 11 is 0.932. The number of para-hydroxylation sites is 1. The molecule has 2 aromatic carbocycles. The van der Waals surface area contributed by atoms with Crippen LogP contribution in [0.5, 0.6) is 0 Å². The van der Waals surface area contributed by atoms with Crippen molar-refractivity contribution in [3.8, 4) is 0 Å². The summed E-state index contributed by atoms with van der Waals surface area (Å²) in [4.78, 5) is 41.7. The molecule has 158 valence electrons. The molecule has 3 amide bonds. The van der Waals surface area contributed by atoms with Crippen LogP contribution in [-0.4, -0.2) is 40.0 Å². The van der Waals surface area contributed by atoms with Crippen LogP contribution in [0.2, 0.25) is 0 Å². The molecular weight excluding hydrogens is 410 g/mol. The second-order valence-electron chi connectivity index (χ2n) is 7.31. The molecule has 1 saturated heterocycles. The molecule has 0 radical (unpaired) electrons. The third-order valence-corrected chi connectivity index (χ3v) is 6.06. The highest BCUT2D eigenvalue weighted by Gasteiger charge is 2.34. The van der Waals surface area contributed by atoms with Crippen LogP contribution in [0, 0.1) is 0 Å². The van der Waals surface area contributed by atoms with Crippen molar-refractivity contribution in [1.29, 1.82) is 0 Å². The Balaban J connectivity index is 1.22. The predicted molar refractivity (Wildman–Crippen MR) is 123 cm³/mol. The summed E-state index contributed by atoms with van der Waals surface area (Å²) in [5.41, 5.74) is 3.17. The first-order chi connectivity index (χ1) is 15.1. The molecule has 0 aliphatic carbocycles. The van der Waals surface area contributed by atoms with Crippen LogP contribution in [0.3, 0.4) is 0 Å². The first-order valence-corrected chi connectivity index (χ1v) is 11.1. The number of amides is 3. The van der Waals surface area contributed by atoms with E-state index in [1.807, 2.05) is 54.7 Å². The summed E-state index contributed by atoms with van der Waals surface area (Å²) in [5.74, 6) is -0.390. The minimum atomic E-state index is -0.313. The fourth-order valence-electron chi connectivity index (χ4n) is 3.57. The van der Waals surface area contributed by atoms with Crippen molar-refractivity contribution in [2.75, 3.05) is 13.1 Å². The normalized spacial score (nSPS) is 15.2. The van der Waals surface area contributed by atoms with E-state index in [-0.39, 0.29) is 30.1 Å². The lowest BCUT2D eigenvalue weighted by Crippen LogP contribution is -2.37. The number of benzene rings is 2. The third-order valence-electron chi connectivity index (χ3n) is 5.15. The standard InChI is InChI=1S/C24H23N3O3S/c28-22(12-6-9-18-16-26-20-11-5-4-10-19(18)20)25-13-14-27-23(29)21(31-24(27)30)15-17-7-2-1-3-8-17/h1-5,7-8,10-11,15-16,26H,6,9,12-14H2,(H,25,28)/b21-15-. The van der Waals surface area contributed by atoms with Gasteiger partial charge in [0.2, 0.25) is 5.91 Å². The Hall–Kier alpha value is -3.32. The van der Waals surface area contributed by atoms with Crippen molar-refractivity contribution in [2.24, 2.45) is 0 Å². The molecule has 31 heavy (non-hydrogen) atoms. The van der Waals surface area contributed by atoms with Crippen LogP contribution in [0.1, 0.15) is 24.0 Å². The number of carbonyl (C=O) groups excluding carboxylic acids is 3. The van der Waals surface area contributed by atoms with Crippen LogP contribution >= 0.6 is 11.8 Å². The number of H-pyrrole nitrogens is 1. The number of aromatic amines is 1. The zero-order valence-corrected chi connectivity index (χ0v) is 17.8. The molecule has 0 spiro atoms. The number of aromatic nitrogens is 1. The van der Waals surface area contributed by atoms with Crippen LogP contribution in [0.15, 0.2) is 65.7 Å². The SMILES string of the molecule is O=C(CCCc1c[nH]c2ccccc12)NCCN1C(=O)S/C(=C\c2ccccc2)C1=O. The van der Waals surface area contributed by atoms with Crippen molar-refractivity contribution >= 4 is 45.8 Å². The maximum Gasteiger partial charge on any atom is 0.293 e. The van der Waals surface area contributed by atoms with Gasteiger partial charge in [0, 0.05) is 36.6 Å². The highest BCUT2D eigenvalue weighted by Crippen LogP contribution is 2.31. The van der Waals surface area contributed by atoms with Gasteiger partial charge in [-0.15, -0.1) is 0 Å². The zero-order chi connectivity index (χ0) is 21.6. The van der Waals surface area contributed by atoms with Crippen molar-refractivity contribution < 1.29 is 14.4 Å². The average Bonchev–Trinajstić information content (AvgIpc) is 3.30. The molecule has 0 bridgehead atoms. The smallest absolute Gasteiger partial charge is 0.293 e. The van der Waals surface area contributed by atoms with Gasteiger partial charge in [0.15, 0.2) is 0 Å². The van der Waals surface area contributed by atoms with Crippen molar-refractivity contribution in [2.45, 2.75) is 19.3 Å². The number of fused-ring (bicyclic) bond motifs is 1. The summed E-state index contributed by atoms with van der Waals surface area (Å²) in [5, 5.41) is 3.69. The van der Waals surface area contributed by atoms with Gasteiger partial charge in [0.1, 0.15) is 0 Å². The molecule has 4 rings (SSSR count). The van der Waals surface area contributed by atoms with Crippen LogP contribution in [0.25, 0.3) is 17.0 Å². The van der Waals surface area contributed by atoms with Gasteiger partial charge in [-0.25, -0.2) is 0 Å². The number of rotatable bonds is 8. The number of thioether (sulfide) groups is 1. The van der Waals surface area contributed by atoms with E-state index < -0.39 is 0 Å². The number of hydrogen-bond acceptors (Lipinski definition) is 4. The van der Waals surface area contributed by atoms with E-state index in [0.29, 0.717) is 11.3 Å². The Kier molecular flexibility index (Phi) is 6.52. The molecule has 2 N–H and O–H groups in total. The highest BCUT2D eigenvalue weighted by molar-refractivity contribution is 8.18. The largest absolute Gasteiger partial charge is 0.361 e. The van der Waals surface area contributed by atoms with E-state index in [1.165, 1.54) is 15.8 Å². The zero-order valence-electron chi connectivity index (χ0n) is 17.0. The van der Waals surface area contributed by atoms with Crippen molar-refractivity contribution in [3.63, 3.8) is 0 Å². The second kappa shape index (κ2) is 9.66. The number of hydrogen-bond donors (Lipinski definition) is 2. The topological polar surface area (TPSA) is 82.3 Å². The van der Waals surface area contributed by atoms with Gasteiger partial charge in [-0.1, -0.05) is 48.5 Å². The van der Waals surface area contributed by atoms with Crippen LogP contribution < -0.4 is 5.32 Å².